The molecule has 3 heteroatoms. The molecule has 0 aliphatic carbocycles. The van der Waals surface area contributed by atoms with Gasteiger partial charge in [-0.3, -0.25) is 0 Å². The number of hydrogen-bond donors (Lipinski definition) is 0. The lowest BCUT2D eigenvalue weighted by atomic mass is 10.2. The summed E-state index contributed by atoms with van der Waals surface area (Å²) in [5.41, 5.74) is 2.47. The van der Waals surface area contributed by atoms with E-state index in [1.54, 1.807) is 7.11 Å². The molecular formula is C14H13N2O. The summed E-state index contributed by atoms with van der Waals surface area (Å²) in [6, 6.07) is 15.1. The Morgan fingerprint density at radius 2 is 1.65 bits per heavy atom. The molecule has 0 N–H and O–H groups in total. The molecule has 2 aromatic rings. The van der Waals surface area contributed by atoms with E-state index in [9.17, 15) is 0 Å². The summed E-state index contributed by atoms with van der Waals surface area (Å²) in [7, 11) is 1.62. The summed E-state index contributed by atoms with van der Waals surface area (Å²) < 4.78 is 5.19. The van der Waals surface area contributed by atoms with Crippen LogP contribution in [0.1, 0.15) is 5.56 Å². The van der Waals surface area contributed by atoms with Crippen LogP contribution in [-0.4, -0.2) is 7.11 Å². The number of hydrogen-bond acceptors (Lipinski definition) is 3. The number of methoxy groups -OCH3 is 1. The quantitative estimate of drug-likeness (QED) is 0.717. The van der Waals surface area contributed by atoms with E-state index in [0.29, 0.717) is 11.4 Å². The van der Waals surface area contributed by atoms with Crippen molar-refractivity contribution in [1.82, 2.24) is 0 Å². The van der Waals surface area contributed by atoms with Crippen LogP contribution in [0.3, 0.4) is 0 Å². The van der Waals surface area contributed by atoms with Crippen molar-refractivity contribution in [3.63, 3.8) is 0 Å². The van der Waals surface area contributed by atoms with Gasteiger partial charge in [0.2, 0.25) is 0 Å². The lowest BCUT2D eigenvalue weighted by Crippen LogP contribution is -1.81. The molecule has 2 rings (SSSR count). The molecule has 17 heavy (non-hydrogen) atoms. The second kappa shape index (κ2) is 5.25. The molecule has 2 aromatic carbocycles. The van der Waals surface area contributed by atoms with Gasteiger partial charge >= 0.3 is 0 Å². The molecule has 0 unspecified atom stereocenters. The highest BCUT2D eigenvalue weighted by atomic mass is 16.5. The van der Waals surface area contributed by atoms with Crippen molar-refractivity contribution in [2.45, 2.75) is 0 Å². The third-order valence-electron chi connectivity index (χ3n) is 2.29. The summed E-state index contributed by atoms with van der Waals surface area (Å²) in [6.45, 7) is 3.82. The van der Waals surface area contributed by atoms with Crippen LogP contribution in [0.5, 0.6) is 5.75 Å². The van der Waals surface area contributed by atoms with E-state index in [4.69, 9.17) is 4.74 Å². The molecule has 0 aromatic heterocycles. The average molecular weight is 225 g/mol. The molecule has 0 fully saturated rings. The summed E-state index contributed by atoms with van der Waals surface area (Å²) >= 11 is 0. The second-order valence-electron chi connectivity index (χ2n) is 3.54. The van der Waals surface area contributed by atoms with Gasteiger partial charge in [0.1, 0.15) is 11.4 Å². The Kier molecular flexibility index (Phi) is 3.50. The summed E-state index contributed by atoms with van der Waals surface area (Å²) in [4.78, 5) is 0. The Labute approximate surface area is 101 Å². The van der Waals surface area contributed by atoms with Crippen LogP contribution in [-0.2, 0) is 0 Å². The third kappa shape index (κ3) is 2.91. The number of azo groups is 1. The largest absolute Gasteiger partial charge is 0.494 e. The van der Waals surface area contributed by atoms with E-state index in [-0.39, 0.29) is 0 Å². The fraction of sp³-hybridized carbons (Fsp3) is 0.0714. The fourth-order valence-electron chi connectivity index (χ4n) is 1.39. The summed E-state index contributed by atoms with van der Waals surface area (Å²) in [5.74, 6) is 0.713. The van der Waals surface area contributed by atoms with Crippen LogP contribution < -0.4 is 4.74 Å². The molecule has 0 spiro atoms. The van der Waals surface area contributed by atoms with Crippen molar-refractivity contribution in [3.05, 3.63) is 61.0 Å². The van der Waals surface area contributed by atoms with Gasteiger partial charge in [0.05, 0.1) is 12.8 Å². The molecule has 0 atom stereocenters. The number of nitrogens with zero attached hydrogens (tertiary/aromatic N) is 2. The molecule has 1 radical (unpaired) electrons. The topological polar surface area (TPSA) is 34.0 Å². The lowest BCUT2D eigenvalue weighted by Gasteiger charge is -2.01. The number of rotatable bonds is 3. The lowest BCUT2D eigenvalue weighted by molar-refractivity contribution is 0.416. The van der Waals surface area contributed by atoms with E-state index >= 15 is 0 Å². The van der Waals surface area contributed by atoms with Gasteiger partial charge in [-0.2, -0.15) is 5.11 Å². The maximum atomic E-state index is 5.19. The van der Waals surface area contributed by atoms with E-state index in [1.807, 2.05) is 48.5 Å². The molecule has 0 saturated heterocycles. The average Bonchev–Trinajstić information content (AvgIpc) is 2.38. The van der Waals surface area contributed by atoms with E-state index in [2.05, 4.69) is 17.2 Å². The summed E-state index contributed by atoms with van der Waals surface area (Å²) in [5, 5.41) is 8.30. The van der Waals surface area contributed by atoms with Gasteiger partial charge in [0.25, 0.3) is 0 Å². The number of ether oxygens (including phenoxy) is 1. The smallest absolute Gasteiger partial charge is 0.146 e. The molecule has 0 aliphatic heterocycles. The molecule has 0 saturated carbocycles. The first kappa shape index (κ1) is 11.3. The molecule has 0 heterocycles. The number of benzene rings is 2. The molecule has 3 nitrogen and oxygen atoms in total. The van der Waals surface area contributed by atoms with Crippen molar-refractivity contribution in [2.75, 3.05) is 7.11 Å². The van der Waals surface area contributed by atoms with Gasteiger partial charge < -0.3 is 4.74 Å². The zero-order chi connectivity index (χ0) is 12.1. The second-order valence-corrected chi connectivity index (χ2v) is 3.54. The normalized spacial score (nSPS) is 10.7. The SMILES string of the molecule is [CH2]c1ccc(N=Nc2ccccc2OC)cc1. The highest BCUT2D eigenvalue weighted by Gasteiger charge is 1.98. The predicted octanol–water partition coefficient (Wildman–Crippen LogP) is 4.29. The highest BCUT2D eigenvalue weighted by Crippen LogP contribution is 2.28. The zero-order valence-electron chi connectivity index (χ0n) is 9.63. The van der Waals surface area contributed by atoms with Gasteiger partial charge in [-0.15, -0.1) is 5.11 Å². The molecule has 0 aliphatic rings. The molecular weight excluding hydrogens is 212 g/mol. The van der Waals surface area contributed by atoms with Crippen LogP contribution in [0.15, 0.2) is 58.8 Å². The summed E-state index contributed by atoms with van der Waals surface area (Å²) in [6.07, 6.45) is 0. The Morgan fingerprint density at radius 1 is 0.941 bits per heavy atom. The van der Waals surface area contributed by atoms with Crippen LogP contribution in [0.4, 0.5) is 11.4 Å². The predicted molar refractivity (Wildman–Crippen MR) is 68.1 cm³/mol. The van der Waals surface area contributed by atoms with Crippen molar-refractivity contribution < 1.29 is 4.74 Å². The molecule has 0 amide bonds. The van der Waals surface area contributed by atoms with Crippen molar-refractivity contribution in [2.24, 2.45) is 10.2 Å². The highest BCUT2D eigenvalue weighted by molar-refractivity contribution is 5.51. The minimum absolute atomic E-state index is 0.713. The Bertz CT molecular complexity index is 518. The van der Waals surface area contributed by atoms with Gasteiger partial charge in [-0.05, 0) is 36.8 Å². The van der Waals surface area contributed by atoms with Crippen LogP contribution in [0, 0.1) is 6.92 Å². The fourth-order valence-corrected chi connectivity index (χ4v) is 1.39. The molecule has 85 valence electrons. The van der Waals surface area contributed by atoms with Gasteiger partial charge in [-0.25, -0.2) is 0 Å². The Balaban J connectivity index is 2.22. The zero-order valence-corrected chi connectivity index (χ0v) is 9.63. The first-order valence-electron chi connectivity index (χ1n) is 5.26. The van der Waals surface area contributed by atoms with E-state index < -0.39 is 0 Å². The molecule has 0 bridgehead atoms. The van der Waals surface area contributed by atoms with Gasteiger partial charge in [0.15, 0.2) is 0 Å². The minimum atomic E-state index is 0.713. The van der Waals surface area contributed by atoms with Crippen molar-refractivity contribution in [1.29, 1.82) is 0 Å². The third-order valence-corrected chi connectivity index (χ3v) is 2.29. The van der Waals surface area contributed by atoms with E-state index in [0.717, 1.165) is 11.3 Å². The van der Waals surface area contributed by atoms with Gasteiger partial charge in [-0.1, -0.05) is 24.3 Å². The number of para-hydroxylation sites is 1. The Hall–Kier alpha value is -2.16. The van der Waals surface area contributed by atoms with Crippen molar-refractivity contribution >= 4 is 11.4 Å². The first-order valence-corrected chi connectivity index (χ1v) is 5.26. The van der Waals surface area contributed by atoms with Gasteiger partial charge in [0, 0.05) is 0 Å². The van der Waals surface area contributed by atoms with Crippen LogP contribution in [0.25, 0.3) is 0 Å². The standard InChI is InChI=1S/C14H13N2O/c1-11-7-9-12(10-8-11)15-16-13-5-3-4-6-14(13)17-2/h3-10H,1H2,2H3. The van der Waals surface area contributed by atoms with Crippen LogP contribution >= 0.6 is 0 Å². The first-order chi connectivity index (χ1) is 8.29. The Morgan fingerprint density at radius 3 is 2.35 bits per heavy atom. The minimum Gasteiger partial charge on any atom is -0.494 e. The van der Waals surface area contributed by atoms with Crippen molar-refractivity contribution in [3.8, 4) is 5.75 Å². The maximum Gasteiger partial charge on any atom is 0.146 e. The van der Waals surface area contributed by atoms with Crippen LogP contribution in [0.2, 0.25) is 0 Å². The van der Waals surface area contributed by atoms with E-state index in [1.165, 1.54) is 0 Å². The maximum absolute atomic E-state index is 5.19. The monoisotopic (exact) mass is 225 g/mol.